The number of phenols is 1. The van der Waals surface area contributed by atoms with Crippen LogP contribution in [-0.4, -0.2) is 27.5 Å². The predicted molar refractivity (Wildman–Crippen MR) is 75.6 cm³/mol. The van der Waals surface area contributed by atoms with Crippen molar-refractivity contribution in [3.05, 3.63) is 48.5 Å². The lowest BCUT2D eigenvalue weighted by Gasteiger charge is -2.10. The molecule has 0 aliphatic rings. The Hall–Kier alpha value is -2.27. The SMILES string of the molecule is O=S(=O)(c1ccc(O)cc1)c1ccc(OS(=O)(=O)C(F)(F)F)cc1. The molecular weight excluding hydrogens is 373 g/mol. The number of benzene rings is 2. The molecule has 2 aromatic rings. The van der Waals surface area contributed by atoms with Gasteiger partial charge in [-0.3, -0.25) is 0 Å². The van der Waals surface area contributed by atoms with Gasteiger partial charge in [0.2, 0.25) is 9.84 Å². The van der Waals surface area contributed by atoms with E-state index in [1.54, 1.807) is 0 Å². The van der Waals surface area contributed by atoms with Gasteiger partial charge in [0.25, 0.3) is 0 Å². The molecule has 0 unspecified atom stereocenters. The van der Waals surface area contributed by atoms with Gasteiger partial charge in [0.1, 0.15) is 11.5 Å². The second-order valence-corrected chi connectivity index (χ2v) is 7.94. The Morgan fingerprint density at radius 1 is 0.792 bits per heavy atom. The number of alkyl halides is 3. The maximum absolute atomic E-state index is 12.3. The predicted octanol–water partition coefficient (Wildman–Crippen LogP) is 2.45. The normalized spacial score (nSPS) is 12.8. The molecule has 0 radical (unpaired) electrons. The molecule has 11 heteroatoms. The van der Waals surface area contributed by atoms with Gasteiger partial charge in [-0.2, -0.15) is 21.6 Å². The van der Waals surface area contributed by atoms with E-state index in [2.05, 4.69) is 4.18 Å². The summed E-state index contributed by atoms with van der Waals surface area (Å²) in [7, 11) is -9.82. The van der Waals surface area contributed by atoms with Crippen molar-refractivity contribution in [1.29, 1.82) is 0 Å². The first-order valence-electron chi connectivity index (χ1n) is 6.08. The molecule has 1 N–H and O–H groups in total. The van der Waals surface area contributed by atoms with Crippen molar-refractivity contribution in [1.82, 2.24) is 0 Å². The molecule has 24 heavy (non-hydrogen) atoms. The molecule has 0 aromatic heterocycles. The molecule has 0 spiro atoms. The quantitative estimate of drug-likeness (QED) is 0.644. The standard InChI is InChI=1S/C13H9F3O6S2/c14-13(15,16)24(20,21)22-10-3-7-12(8-4-10)23(18,19)11-5-1-9(17)2-6-11/h1-8,17H. The zero-order chi connectivity index (χ0) is 18.2. The van der Waals surface area contributed by atoms with Crippen molar-refractivity contribution in [3.8, 4) is 11.5 Å². The number of sulfone groups is 1. The fourth-order valence-corrected chi connectivity index (χ4v) is 3.33. The Morgan fingerprint density at radius 2 is 1.21 bits per heavy atom. The van der Waals surface area contributed by atoms with Gasteiger partial charge in [-0.05, 0) is 48.5 Å². The molecule has 0 fully saturated rings. The molecule has 0 saturated carbocycles. The summed E-state index contributed by atoms with van der Waals surface area (Å²) >= 11 is 0. The lowest BCUT2D eigenvalue weighted by molar-refractivity contribution is -0.0500. The van der Waals surface area contributed by atoms with Gasteiger partial charge in [-0.1, -0.05) is 0 Å². The minimum absolute atomic E-state index is 0.143. The van der Waals surface area contributed by atoms with E-state index in [1.165, 1.54) is 0 Å². The summed E-state index contributed by atoms with van der Waals surface area (Å²) in [5.41, 5.74) is -5.59. The molecule has 0 aliphatic heterocycles. The first-order chi connectivity index (χ1) is 10.9. The third-order valence-corrected chi connectivity index (χ3v) is 5.53. The highest BCUT2D eigenvalue weighted by Crippen LogP contribution is 2.29. The Kier molecular flexibility index (Phi) is 4.50. The number of halogens is 3. The lowest BCUT2D eigenvalue weighted by atomic mass is 10.3. The number of rotatable bonds is 4. The lowest BCUT2D eigenvalue weighted by Crippen LogP contribution is -2.28. The van der Waals surface area contributed by atoms with Crippen LogP contribution in [0.3, 0.4) is 0 Å². The van der Waals surface area contributed by atoms with E-state index in [0.717, 1.165) is 48.5 Å². The maximum Gasteiger partial charge on any atom is 0.534 e. The van der Waals surface area contributed by atoms with Crippen LogP contribution in [0.5, 0.6) is 11.5 Å². The highest BCUT2D eigenvalue weighted by Gasteiger charge is 2.48. The fraction of sp³-hybridized carbons (Fsp3) is 0.0769. The molecule has 0 heterocycles. The average molecular weight is 382 g/mol. The smallest absolute Gasteiger partial charge is 0.508 e. The van der Waals surface area contributed by atoms with Crippen LogP contribution in [0.1, 0.15) is 0 Å². The average Bonchev–Trinajstić information content (AvgIpc) is 2.46. The number of hydrogen-bond acceptors (Lipinski definition) is 6. The van der Waals surface area contributed by atoms with Gasteiger partial charge in [0.15, 0.2) is 0 Å². The van der Waals surface area contributed by atoms with Crippen LogP contribution in [0.2, 0.25) is 0 Å². The first-order valence-corrected chi connectivity index (χ1v) is 8.97. The topological polar surface area (TPSA) is 97.7 Å². The number of hydrogen-bond donors (Lipinski definition) is 1. The van der Waals surface area contributed by atoms with E-state index in [-0.39, 0.29) is 15.5 Å². The van der Waals surface area contributed by atoms with Gasteiger partial charge in [0.05, 0.1) is 9.79 Å². The summed E-state index contributed by atoms with van der Waals surface area (Å²) in [6, 6.07) is 7.98. The maximum atomic E-state index is 12.3. The van der Waals surface area contributed by atoms with Gasteiger partial charge in [-0.25, -0.2) is 8.42 Å². The van der Waals surface area contributed by atoms with Crippen LogP contribution >= 0.6 is 0 Å². The molecule has 2 rings (SSSR count). The molecule has 0 bridgehead atoms. The van der Waals surface area contributed by atoms with Crippen LogP contribution in [0.4, 0.5) is 13.2 Å². The third kappa shape index (κ3) is 3.62. The summed E-state index contributed by atoms with van der Waals surface area (Å²) in [5, 5.41) is 9.14. The van der Waals surface area contributed by atoms with Crippen LogP contribution in [0.25, 0.3) is 0 Å². The van der Waals surface area contributed by atoms with Crippen molar-refractivity contribution >= 4 is 20.0 Å². The fourth-order valence-electron chi connectivity index (χ4n) is 1.61. The van der Waals surface area contributed by atoms with E-state index in [1.807, 2.05) is 0 Å². The van der Waals surface area contributed by atoms with E-state index in [0.29, 0.717) is 0 Å². The molecule has 0 aliphatic carbocycles. The van der Waals surface area contributed by atoms with E-state index in [9.17, 15) is 30.0 Å². The molecule has 2 aromatic carbocycles. The molecular formula is C13H9F3O6S2. The van der Waals surface area contributed by atoms with Gasteiger partial charge in [0, 0.05) is 0 Å². The van der Waals surface area contributed by atoms with Gasteiger partial charge in [-0.15, -0.1) is 0 Å². The van der Waals surface area contributed by atoms with Crippen molar-refractivity contribution in [2.75, 3.05) is 0 Å². The Morgan fingerprint density at radius 3 is 1.62 bits per heavy atom. The monoisotopic (exact) mass is 382 g/mol. The largest absolute Gasteiger partial charge is 0.534 e. The van der Waals surface area contributed by atoms with Crippen molar-refractivity contribution in [2.24, 2.45) is 0 Å². The minimum Gasteiger partial charge on any atom is -0.508 e. The van der Waals surface area contributed by atoms with Crippen LogP contribution in [-0.2, 0) is 20.0 Å². The third-order valence-electron chi connectivity index (χ3n) is 2.77. The highest BCUT2D eigenvalue weighted by atomic mass is 32.2. The van der Waals surface area contributed by atoms with E-state index in [4.69, 9.17) is 5.11 Å². The van der Waals surface area contributed by atoms with Gasteiger partial charge < -0.3 is 9.29 Å². The Bertz CT molecular complexity index is 931. The molecule has 0 saturated heterocycles. The Labute approximate surface area is 135 Å². The molecule has 6 nitrogen and oxygen atoms in total. The van der Waals surface area contributed by atoms with Crippen LogP contribution in [0, 0.1) is 0 Å². The Balaban J connectivity index is 2.31. The summed E-state index contributed by atoms with van der Waals surface area (Å²) in [4.78, 5) is -0.443. The van der Waals surface area contributed by atoms with E-state index < -0.39 is 31.2 Å². The number of phenolic OH excluding ortho intramolecular Hbond substituents is 1. The summed E-state index contributed by atoms with van der Waals surface area (Å²) < 4.78 is 86.8. The molecule has 130 valence electrons. The van der Waals surface area contributed by atoms with Crippen molar-refractivity contribution in [2.45, 2.75) is 15.3 Å². The van der Waals surface area contributed by atoms with Crippen LogP contribution in [0.15, 0.2) is 58.3 Å². The van der Waals surface area contributed by atoms with E-state index >= 15 is 0 Å². The summed E-state index contributed by atoms with van der Waals surface area (Å²) in [5.74, 6) is -0.827. The zero-order valence-corrected chi connectivity index (χ0v) is 13.2. The van der Waals surface area contributed by atoms with Crippen molar-refractivity contribution < 1.29 is 39.3 Å². The van der Waals surface area contributed by atoms with Crippen molar-refractivity contribution in [3.63, 3.8) is 0 Å². The van der Waals surface area contributed by atoms with Crippen LogP contribution < -0.4 is 4.18 Å². The second kappa shape index (κ2) is 5.98. The number of aromatic hydroxyl groups is 1. The highest BCUT2D eigenvalue weighted by molar-refractivity contribution is 7.91. The summed E-state index contributed by atoms with van der Waals surface area (Å²) in [6.07, 6.45) is 0. The zero-order valence-electron chi connectivity index (χ0n) is 11.6. The minimum atomic E-state index is -5.83. The second-order valence-electron chi connectivity index (χ2n) is 4.45. The molecule has 0 amide bonds. The first kappa shape index (κ1) is 18.1. The van der Waals surface area contributed by atoms with Gasteiger partial charge >= 0.3 is 15.6 Å². The molecule has 0 atom stereocenters. The summed E-state index contributed by atoms with van der Waals surface area (Å²) in [6.45, 7) is 0.